The summed E-state index contributed by atoms with van der Waals surface area (Å²) < 4.78 is 18.0. The van der Waals surface area contributed by atoms with Crippen LogP contribution in [-0.2, 0) is 9.53 Å². The molecule has 0 unspecified atom stereocenters. The molecule has 0 aliphatic heterocycles. The van der Waals surface area contributed by atoms with Gasteiger partial charge in [-0.25, -0.2) is 9.18 Å². The molecule has 0 saturated heterocycles. The van der Waals surface area contributed by atoms with Crippen LogP contribution in [-0.4, -0.2) is 30.7 Å². The fourth-order valence-electron chi connectivity index (χ4n) is 1.18. The van der Waals surface area contributed by atoms with Gasteiger partial charge in [0.1, 0.15) is 5.82 Å². The zero-order chi connectivity index (χ0) is 12.8. The number of amides is 1. The van der Waals surface area contributed by atoms with E-state index in [0.717, 1.165) is 12.1 Å². The van der Waals surface area contributed by atoms with Crippen LogP contribution in [0, 0.1) is 5.82 Å². The average molecular weight is 241 g/mol. The molecule has 2 N–H and O–H groups in total. The average Bonchev–Trinajstić information content (AvgIpc) is 2.26. The van der Waals surface area contributed by atoms with Crippen molar-refractivity contribution in [2.24, 2.45) is 0 Å². The molecule has 5 nitrogen and oxygen atoms in total. The Labute approximate surface area is 97.2 Å². The predicted molar refractivity (Wildman–Crippen MR) is 58.5 cm³/mol. The fraction of sp³-hybridized carbons (Fsp3) is 0.273. The van der Waals surface area contributed by atoms with Crippen LogP contribution in [0.3, 0.4) is 0 Å². The van der Waals surface area contributed by atoms with Gasteiger partial charge in [-0.05, 0) is 18.2 Å². The molecule has 1 rings (SSSR count). The number of hydrogen-bond acceptors (Lipinski definition) is 3. The topological polar surface area (TPSA) is 75.6 Å². The molecule has 1 aromatic carbocycles. The Balaban J connectivity index is 2.70. The lowest BCUT2D eigenvalue weighted by molar-refractivity contribution is -0.117. The smallest absolute Gasteiger partial charge is 0.338 e. The Morgan fingerprint density at radius 2 is 2.18 bits per heavy atom. The fourth-order valence-corrected chi connectivity index (χ4v) is 1.18. The van der Waals surface area contributed by atoms with Gasteiger partial charge in [-0.2, -0.15) is 0 Å². The van der Waals surface area contributed by atoms with E-state index in [4.69, 9.17) is 9.84 Å². The van der Waals surface area contributed by atoms with Crippen LogP contribution in [0.15, 0.2) is 18.2 Å². The van der Waals surface area contributed by atoms with E-state index in [1.807, 2.05) is 0 Å². The van der Waals surface area contributed by atoms with Gasteiger partial charge in [0.2, 0.25) is 5.91 Å². The number of nitrogens with one attached hydrogen (secondary N) is 1. The van der Waals surface area contributed by atoms with Gasteiger partial charge >= 0.3 is 5.97 Å². The Hall–Kier alpha value is -1.95. The van der Waals surface area contributed by atoms with Crippen LogP contribution in [0.5, 0.6) is 0 Å². The summed E-state index contributed by atoms with van der Waals surface area (Å²) >= 11 is 0. The SMILES string of the molecule is COCCC(=O)Nc1ccc(C(=O)O)c(F)c1. The first-order valence-corrected chi connectivity index (χ1v) is 4.86. The molecular formula is C11H12FNO4. The summed E-state index contributed by atoms with van der Waals surface area (Å²) in [6.07, 6.45) is 0.152. The van der Waals surface area contributed by atoms with E-state index in [1.54, 1.807) is 0 Å². The quantitative estimate of drug-likeness (QED) is 0.819. The number of rotatable bonds is 5. The van der Waals surface area contributed by atoms with Crippen molar-refractivity contribution in [3.63, 3.8) is 0 Å². The number of carboxylic acids is 1. The molecule has 92 valence electrons. The molecule has 0 heterocycles. The van der Waals surface area contributed by atoms with E-state index >= 15 is 0 Å². The van der Waals surface area contributed by atoms with Crippen LogP contribution in [0.1, 0.15) is 16.8 Å². The minimum atomic E-state index is -1.35. The van der Waals surface area contributed by atoms with Crippen LogP contribution in [0.4, 0.5) is 10.1 Å². The molecule has 17 heavy (non-hydrogen) atoms. The number of benzene rings is 1. The highest BCUT2D eigenvalue weighted by Crippen LogP contribution is 2.14. The minimum absolute atomic E-state index is 0.152. The molecule has 6 heteroatoms. The molecule has 0 radical (unpaired) electrons. The van der Waals surface area contributed by atoms with Gasteiger partial charge in [0.25, 0.3) is 0 Å². The second-order valence-corrected chi connectivity index (χ2v) is 3.29. The monoisotopic (exact) mass is 241 g/mol. The van der Waals surface area contributed by atoms with Crippen LogP contribution >= 0.6 is 0 Å². The van der Waals surface area contributed by atoms with Crippen LogP contribution < -0.4 is 5.32 Å². The largest absolute Gasteiger partial charge is 0.478 e. The van der Waals surface area contributed by atoms with Gasteiger partial charge in [0, 0.05) is 12.8 Å². The number of hydrogen-bond donors (Lipinski definition) is 2. The van der Waals surface area contributed by atoms with Gasteiger partial charge < -0.3 is 15.2 Å². The van der Waals surface area contributed by atoms with E-state index in [0.29, 0.717) is 0 Å². The van der Waals surface area contributed by atoms with Crippen molar-refractivity contribution in [3.8, 4) is 0 Å². The number of methoxy groups -OCH3 is 1. The Kier molecular flexibility index (Phi) is 4.59. The molecule has 1 amide bonds. The molecule has 0 fully saturated rings. The second kappa shape index (κ2) is 5.95. The van der Waals surface area contributed by atoms with Crippen LogP contribution in [0.2, 0.25) is 0 Å². The summed E-state index contributed by atoms with van der Waals surface area (Å²) in [6.45, 7) is 0.265. The van der Waals surface area contributed by atoms with Crippen molar-refractivity contribution in [3.05, 3.63) is 29.6 Å². The Morgan fingerprint density at radius 3 is 2.71 bits per heavy atom. The molecule has 0 bridgehead atoms. The van der Waals surface area contributed by atoms with Gasteiger partial charge in [-0.15, -0.1) is 0 Å². The molecule has 0 spiro atoms. The first kappa shape index (κ1) is 13.1. The number of carbonyl (C=O) groups is 2. The first-order valence-electron chi connectivity index (χ1n) is 4.86. The van der Waals surface area contributed by atoms with Crippen molar-refractivity contribution in [2.45, 2.75) is 6.42 Å². The summed E-state index contributed by atoms with van der Waals surface area (Å²) in [4.78, 5) is 21.8. The zero-order valence-corrected chi connectivity index (χ0v) is 9.20. The normalized spacial score (nSPS) is 10.0. The number of carbonyl (C=O) groups excluding carboxylic acids is 1. The number of aromatic carboxylic acids is 1. The maximum absolute atomic E-state index is 13.2. The molecule has 1 aromatic rings. The third-order valence-corrected chi connectivity index (χ3v) is 2.02. The summed E-state index contributed by atoms with van der Waals surface area (Å²) in [5.41, 5.74) is -0.214. The standard InChI is InChI=1S/C11H12FNO4/c1-17-5-4-10(14)13-7-2-3-8(11(15)16)9(12)6-7/h2-3,6H,4-5H2,1H3,(H,13,14)(H,15,16). The third kappa shape index (κ3) is 3.84. The Bertz CT molecular complexity index is 433. The van der Waals surface area contributed by atoms with E-state index in [2.05, 4.69) is 5.32 Å². The predicted octanol–water partition coefficient (Wildman–Crippen LogP) is 1.50. The molecule has 0 aliphatic carbocycles. The summed E-state index contributed by atoms with van der Waals surface area (Å²) in [6, 6.07) is 3.40. The zero-order valence-electron chi connectivity index (χ0n) is 9.20. The lowest BCUT2D eigenvalue weighted by Crippen LogP contribution is -2.14. The highest BCUT2D eigenvalue weighted by Gasteiger charge is 2.11. The molecule has 0 atom stereocenters. The molecule has 0 saturated carbocycles. The number of carboxylic acid groups (broad SMARTS) is 1. The van der Waals surface area contributed by atoms with E-state index in [9.17, 15) is 14.0 Å². The van der Waals surface area contributed by atoms with Gasteiger partial charge in [-0.3, -0.25) is 4.79 Å². The summed E-state index contributed by atoms with van der Waals surface area (Å²) in [7, 11) is 1.47. The molecule has 0 aromatic heterocycles. The Morgan fingerprint density at radius 1 is 1.47 bits per heavy atom. The van der Waals surface area contributed by atoms with Gasteiger partial charge in [0.15, 0.2) is 0 Å². The number of halogens is 1. The maximum atomic E-state index is 13.2. The molecular weight excluding hydrogens is 229 g/mol. The van der Waals surface area contributed by atoms with Crippen molar-refractivity contribution >= 4 is 17.6 Å². The lowest BCUT2D eigenvalue weighted by Gasteiger charge is -2.05. The number of anilines is 1. The van der Waals surface area contributed by atoms with Crippen molar-refractivity contribution in [1.29, 1.82) is 0 Å². The van der Waals surface area contributed by atoms with Crippen molar-refractivity contribution in [2.75, 3.05) is 19.0 Å². The third-order valence-electron chi connectivity index (χ3n) is 2.02. The highest BCUT2D eigenvalue weighted by atomic mass is 19.1. The number of ether oxygens (including phenoxy) is 1. The van der Waals surface area contributed by atoms with Gasteiger partial charge in [0.05, 0.1) is 18.6 Å². The minimum Gasteiger partial charge on any atom is -0.478 e. The van der Waals surface area contributed by atoms with E-state index in [-0.39, 0.29) is 24.6 Å². The van der Waals surface area contributed by atoms with Crippen molar-refractivity contribution in [1.82, 2.24) is 0 Å². The first-order chi connectivity index (χ1) is 8.04. The van der Waals surface area contributed by atoms with Crippen LogP contribution in [0.25, 0.3) is 0 Å². The summed E-state index contributed by atoms with van der Waals surface area (Å²) in [5.74, 6) is -2.56. The van der Waals surface area contributed by atoms with Crippen molar-refractivity contribution < 1.29 is 23.8 Å². The second-order valence-electron chi connectivity index (χ2n) is 3.29. The van der Waals surface area contributed by atoms with E-state index in [1.165, 1.54) is 13.2 Å². The lowest BCUT2D eigenvalue weighted by atomic mass is 10.2. The van der Waals surface area contributed by atoms with Gasteiger partial charge in [-0.1, -0.05) is 0 Å². The summed E-state index contributed by atoms with van der Waals surface area (Å²) in [5, 5.41) is 11.0. The maximum Gasteiger partial charge on any atom is 0.338 e. The highest BCUT2D eigenvalue weighted by molar-refractivity contribution is 5.92. The molecule has 0 aliphatic rings. The van der Waals surface area contributed by atoms with E-state index < -0.39 is 17.3 Å².